The van der Waals surface area contributed by atoms with Gasteiger partial charge in [0.05, 0.1) is 22.7 Å². The van der Waals surface area contributed by atoms with Crippen LogP contribution in [0.1, 0.15) is 30.1 Å². The van der Waals surface area contributed by atoms with Crippen LogP contribution in [-0.2, 0) is 4.79 Å². The van der Waals surface area contributed by atoms with Gasteiger partial charge in [0.2, 0.25) is 5.91 Å². The second kappa shape index (κ2) is 7.22. The number of nitro groups is 1. The standard InChI is InChI=1S/C13H17N3O5/c1-2-3-6-15(8-12(14)17)11-7-9(16(20)21)4-5-10(11)13(18)19/h4-5,7H,2-3,6,8H2,1H3,(H2,14,17)(H,18,19). The van der Waals surface area contributed by atoms with Crippen LogP contribution in [-0.4, -0.2) is 35.0 Å². The van der Waals surface area contributed by atoms with Crippen molar-refractivity contribution in [1.29, 1.82) is 0 Å². The first-order valence-corrected chi connectivity index (χ1v) is 6.41. The molecule has 0 heterocycles. The van der Waals surface area contributed by atoms with Crippen molar-refractivity contribution in [3.05, 3.63) is 33.9 Å². The fourth-order valence-electron chi connectivity index (χ4n) is 1.90. The Kier molecular flexibility index (Phi) is 5.65. The first-order chi connectivity index (χ1) is 9.86. The normalized spacial score (nSPS) is 10.1. The molecule has 114 valence electrons. The maximum Gasteiger partial charge on any atom is 0.337 e. The summed E-state index contributed by atoms with van der Waals surface area (Å²) < 4.78 is 0. The Balaban J connectivity index is 3.29. The van der Waals surface area contributed by atoms with Crippen LogP contribution in [0.4, 0.5) is 11.4 Å². The molecule has 0 bridgehead atoms. The highest BCUT2D eigenvalue weighted by molar-refractivity contribution is 5.96. The number of non-ortho nitro benzene ring substituents is 1. The van der Waals surface area contributed by atoms with Crippen molar-refractivity contribution in [2.24, 2.45) is 5.73 Å². The van der Waals surface area contributed by atoms with Crippen LogP contribution in [0.5, 0.6) is 0 Å². The topological polar surface area (TPSA) is 127 Å². The lowest BCUT2D eigenvalue weighted by atomic mass is 10.1. The number of carboxylic acids is 1. The van der Waals surface area contributed by atoms with Crippen molar-refractivity contribution >= 4 is 23.3 Å². The molecule has 0 saturated carbocycles. The highest BCUT2D eigenvalue weighted by Crippen LogP contribution is 2.26. The maximum atomic E-state index is 11.3. The molecular weight excluding hydrogens is 278 g/mol. The Bertz CT molecular complexity index is 559. The number of hydrogen-bond acceptors (Lipinski definition) is 5. The zero-order valence-electron chi connectivity index (χ0n) is 11.6. The van der Waals surface area contributed by atoms with Crippen LogP contribution in [0.25, 0.3) is 0 Å². The van der Waals surface area contributed by atoms with Gasteiger partial charge in [0.1, 0.15) is 0 Å². The molecule has 8 heteroatoms. The number of unbranched alkanes of at least 4 members (excludes halogenated alkanes) is 1. The molecule has 1 aromatic carbocycles. The zero-order chi connectivity index (χ0) is 16.0. The lowest BCUT2D eigenvalue weighted by Gasteiger charge is -2.24. The number of hydrogen-bond donors (Lipinski definition) is 2. The van der Waals surface area contributed by atoms with Gasteiger partial charge in [-0.25, -0.2) is 4.79 Å². The number of nitrogens with zero attached hydrogens (tertiary/aromatic N) is 2. The molecular formula is C13H17N3O5. The average Bonchev–Trinajstić information content (AvgIpc) is 2.42. The molecule has 0 radical (unpaired) electrons. The van der Waals surface area contributed by atoms with E-state index in [9.17, 15) is 24.8 Å². The van der Waals surface area contributed by atoms with Crippen molar-refractivity contribution < 1.29 is 19.6 Å². The van der Waals surface area contributed by atoms with Crippen LogP contribution < -0.4 is 10.6 Å². The van der Waals surface area contributed by atoms with Crippen LogP contribution in [0.2, 0.25) is 0 Å². The van der Waals surface area contributed by atoms with E-state index in [4.69, 9.17) is 5.73 Å². The molecule has 0 atom stereocenters. The summed E-state index contributed by atoms with van der Waals surface area (Å²) in [6, 6.07) is 3.44. The predicted octanol–water partition coefficient (Wildman–Crippen LogP) is 1.38. The molecule has 21 heavy (non-hydrogen) atoms. The first-order valence-electron chi connectivity index (χ1n) is 6.41. The third-order valence-electron chi connectivity index (χ3n) is 2.89. The third-order valence-corrected chi connectivity index (χ3v) is 2.89. The number of amides is 1. The number of benzene rings is 1. The van der Waals surface area contributed by atoms with Crippen molar-refractivity contribution in [3.8, 4) is 0 Å². The highest BCUT2D eigenvalue weighted by atomic mass is 16.6. The van der Waals surface area contributed by atoms with E-state index in [0.717, 1.165) is 24.6 Å². The van der Waals surface area contributed by atoms with Crippen molar-refractivity contribution in [1.82, 2.24) is 0 Å². The second-order valence-corrected chi connectivity index (χ2v) is 4.51. The fraction of sp³-hybridized carbons (Fsp3) is 0.385. The van der Waals surface area contributed by atoms with Gasteiger partial charge >= 0.3 is 5.97 Å². The monoisotopic (exact) mass is 295 g/mol. The molecule has 8 nitrogen and oxygen atoms in total. The molecule has 0 saturated heterocycles. The van der Waals surface area contributed by atoms with Crippen LogP contribution in [0, 0.1) is 10.1 Å². The molecule has 0 aliphatic rings. The minimum Gasteiger partial charge on any atom is -0.478 e. The number of nitro benzene ring substituents is 1. The molecule has 0 aliphatic carbocycles. The molecule has 1 amide bonds. The summed E-state index contributed by atoms with van der Waals surface area (Å²) in [4.78, 5) is 34.1. The summed E-state index contributed by atoms with van der Waals surface area (Å²) in [6.07, 6.45) is 1.53. The summed E-state index contributed by atoms with van der Waals surface area (Å²) in [6.45, 7) is 2.14. The largest absolute Gasteiger partial charge is 0.478 e. The van der Waals surface area contributed by atoms with E-state index >= 15 is 0 Å². The fourth-order valence-corrected chi connectivity index (χ4v) is 1.90. The molecule has 0 aliphatic heterocycles. The SMILES string of the molecule is CCCCN(CC(N)=O)c1cc([N+](=O)[O-])ccc1C(=O)O. The Hall–Kier alpha value is -2.64. The summed E-state index contributed by atoms with van der Waals surface area (Å²) in [5, 5.41) is 20.0. The van der Waals surface area contributed by atoms with Gasteiger partial charge in [-0.3, -0.25) is 14.9 Å². The quantitative estimate of drug-likeness (QED) is 0.551. The van der Waals surface area contributed by atoms with Crippen LogP contribution in [0.3, 0.4) is 0 Å². The zero-order valence-corrected chi connectivity index (χ0v) is 11.6. The predicted molar refractivity (Wildman–Crippen MR) is 76.4 cm³/mol. The Morgan fingerprint density at radius 2 is 2.10 bits per heavy atom. The molecule has 0 unspecified atom stereocenters. The summed E-state index contributed by atoms with van der Waals surface area (Å²) in [5.74, 6) is -1.85. The Labute approximate surface area is 121 Å². The van der Waals surface area contributed by atoms with Crippen molar-refractivity contribution in [2.45, 2.75) is 19.8 Å². The summed E-state index contributed by atoms with van der Waals surface area (Å²) >= 11 is 0. The van der Waals surface area contributed by atoms with Gasteiger partial charge in [0.15, 0.2) is 0 Å². The molecule has 1 aromatic rings. The second-order valence-electron chi connectivity index (χ2n) is 4.51. The summed E-state index contributed by atoms with van der Waals surface area (Å²) in [7, 11) is 0. The van der Waals surface area contributed by atoms with Gasteiger partial charge in [-0.1, -0.05) is 13.3 Å². The van der Waals surface area contributed by atoms with E-state index in [0.29, 0.717) is 13.0 Å². The van der Waals surface area contributed by atoms with Crippen molar-refractivity contribution in [2.75, 3.05) is 18.0 Å². The summed E-state index contributed by atoms with van der Waals surface area (Å²) in [5.41, 5.74) is 4.96. The van der Waals surface area contributed by atoms with Crippen LogP contribution >= 0.6 is 0 Å². The van der Waals surface area contributed by atoms with Gasteiger partial charge in [-0.15, -0.1) is 0 Å². The smallest absolute Gasteiger partial charge is 0.337 e. The number of carbonyl (C=O) groups is 2. The number of anilines is 1. The molecule has 0 fully saturated rings. The number of aromatic carboxylic acids is 1. The lowest BCUT2D eigenvalue weighted by Crippen LogP contribution is -2.35. The Morgan fingerprint density at radius 1 is 1.43 bits per heavy atom. The third kappa shape index (κ3) is 4.44. The Morgan fingerprint density at radius 3 is 2.57 bits per heavy atom. The van der Waals surface area contributed by atoms with Gasteiger partial charge in [0, 0.05) is 18.7 Å². The number of primary amides is 1. The van der Waals surface area contributed by atoms with Gasteiger partial charge < -0.3 is 15.7 Å². The molecule has 3 N–H and O–H groups in total. The number of carbonyl (C=O) groups excluding carboxylic acids is 1. The van der Waals surface area contributed by atoms with E-state index in [2.05, 4.69) is 0 Å². The van der Waals surface area contributed by atoms with E-state index < -0.39 is 16.8 Å². The van der Waals surface area contributed by atoms with Crippen molar-refractivity contribution in [3.63, 3.8) is 0 Å². The first kappa shape index (κ1) is 16.4. The van der Waals surface area contributed by atoms with Gasteiger partial charge in [-0.2, -0.15) is 0 Å². The number of rotatable bonds is 8. The molecule has 1 rings (SSSR count). The maximum absolute atomic E-state index is 11.3. The van der Waals surface area contributed by atoms with E-state index in [-0.39, 0.29) is 23.5 Å². The van der Waals surface area contributed by atoms with Gasteiger partial charge in [0.25, 0.3) is 5.69 Å². The van der Waals surface area contributed by atoms with E-state index in [1.807, 2.05) is 6.92 Å². The highest BCUT2D eigenvalue weighted by Gasteiger charge is 2.20. The van der Waals surface area contributed by atoms with Crippen LogP contribution in [0.15, 0.2) is 18.2 Å². The van der Waals surface area contributed by atoms with E-state index in [1.165, 1.54) is 4.90 Å². The molecule has 0 aromatic heterocycles. The minimum absolute atomic E-state index is 0.0991. The number of carboxylic acid groups (broad SMARTS) is 1. The minimum atomic E-state index is -1.22. The van der Waals surface area contributed by atoms with E-state index in [1.54, 1.807) is 0 Å². The average molecular weight is 295 g/mol. The lowest BCUT2D eigenvalue weighted by molar-refractivity contribution is -0.384. The number of nitrogens with two attached hydrogens (primary N) is 1. The molecule has 0 spiro atoms. The van der Waals surface area contributed by atoms with Gasteiger partial charge in [-0.05, 0) is 12.5 Å².